The van der Waals surface area contributed by atoms with Gasteiger partial charge in [0.05, 0.1) is 5.92 Å². The minimum Gasteiger partial charge on any atom is -0.440 e. The van der Waals surface area contributed by atoms with Crippen molar-refractivity contribution < 1.29 is 21.5 Å². The van der Waals surface area contributed by atoms with Crippen molar-refractivity contribution in [2.45, 2.75) is 0 Å². The molecule has 2 saturated carbocycles. The SMILES string of the molecule is CN(C)C[C]1[CH][CH][CH][C]1c1oc(-c2ccccc2)nc1-c1ccccc1.[CH]1[CH][CH][CH][CH]1.[Fe]. The molecule has 162 valence electrons. The van der Waals surface area contributed by atoms with E-state index in [1.165, 1.54) is 5.92 Å². The molecule has 32 heavy (non-hydrogen) atoms. The summed E-state index contributed by atoms with van der Waals surface area (Å²) in [4.78, 5) is 7.01. The fourth-order valence-electron chi connectivity index (χ4n) is 3.48. The van der Waals surface area contributed by atoms with Crippen LogP contribution in [-0.2, 0) is 17.1 Å². The molecule has 3 nitrogen and oxygen atoms in total. The minimum atomic E-state index is 0. The summed E-state index contributed by atoms with van der Waals surface area (Å²) in [5.74, 6) is 3.82. The predicted molar refractivity (Wildman–Crippen MR) is 126 cm³/mol. The Hall–Kier alpha value is -1.87. The molecule has 2 aromatic carbocycles. The zero-order chi connectivity index (χ0) is 21.5. The first-order valence-corrected chi connectivity index (χ1v) is 10.4. The molecule has 1 heterocycles. The van der Waals surface area contributed by atoms with E-state index in [4.69, 9.17) is 9.40 Å². The van der Waals surface area contributed by atoms with Crippen molar-refractivity contribution in [2.24, 2.45) is 0 Å². The molecule has 0 N–H and O–H groups in total. The average Bonchev–Trinajstić information content (AvgIpc) is 3.57. The third-order valence-corrected chi connectivity index (χ3v) is 4.89. The number of aromatic nitrogens is 1. The van der Waals surface area contributed by atoms with Crippen LogP contribution in [0.4, 0.5) is 0 Å². The molecular formula is C28H26FeN2O. The molecule has 2 fully saturated rings. The molecule has 0 saturated heterocycles. The fourth-order valence-corrected chi connectivity index (χ4v) is 3.48. The number of oxazole rings is 1. The number of hydrogen-bond acceptors (Lipinski definition) is 3. The second-order valence-corrected chi connectivity index (χ2v) is 7.59. The van der Waals surface area contributed by atoms with E-state index in [1.54, 1.807) is 0 Å². The Morgan fingerprint density at radius 1 is 0.719 bits per heavy atom. The quantitative estimate of drug-likeness (QED) is 0.455. The molecule has 0 amide bonds. The van der Waals surface area contributed by atoms with Gasteiger partial charge in [-0.25, -0.2) is 4.98 Å². The molecule has 0 atom stereocenters. The second-order valence-electron chi connectivity index (χ2n) is 7.59. The zero-order valence-electron chi connectivity index (χ0n) is 18.3. The first kappa shape index (κ1) is 24.8. The van der Waals surface area contributed by atoms with Crippen LogP contribution in [-0.4, -0.2) is 30.5 Å². The third kappa shape index (κ3) is 6.34. The topological polar surface area (TPSA) is 29.3 Å². The molecule has 0 unspecified atom stereocenters. The second kappa shape index (κ2) is 12.4. The summed E-state index contributed by atoms with van der Waals surface area (Å²) in [5, 5.41) is 0. The van der Waals surface area contributed by atoms with Gasteiger partial charge >= 0.3 is 0 Å². The molecule has 0 bridgehead atoms. The zero-order valence-corrected chi connectivity index (χ0v) is 19.4. The maximum absolute atomic E-state index is 6.29. The van der Waals surface area contributed by atoms with Crippen LogP contribution in [0, 0.1) is 63.2 Å². The number of hydrogen-bond donors (Lipinski definition) is 0. The van der Waals surface area contributed by atoms with Gasteiger partial charge in [-0.05, 0) is 77.6 Å². The van der Waals surface area contributed by atoms with Gasteiger partial charge in [0.1, 0.15) is 11.5 Å². The third-order valence-electron chi connectivity index (χ3n) is 4.89. The molecule has 0 spiro atoms. The van der Waals surface area contributed by atoms with E-state index >= 15 is 0 Å². The van der Waals surface area contributed by atoms with Gasteiger partial charge in [-0.2, -0.15) is 0 Å². The maximum Gasteiger partial charge on any atom is 0.226 e. The van der Waals surface area contributed by atoms with Crippen molar-refractivity contribution in [1.82, 2.24) is 9.88 Å². The van der Waals surface area contributed by atoms with Gasteiger partial charge in [0.25, 0.3) is 0 Å². The van der Waals surface area contributed by atoms with Crippen molar-refractivity contribution in [1.29, 1.82) is 0 Å². The smallest absolute Gasteiger partial charge is 0.226 e. The van der Waals surface area contributed by atoms with E-state index in [2.05, 4.69) is 50.4 Å². The van der Waals surface area contributed by atoms with Gasteiger partial charge < -0.3 is 9.32 Å². The standard InChI is InChI=1S/C23H21N2O.C5H5.Fe/c1-25(2)16-19-14-9-15-20(19)22-21(17-10-5-3-6-11-17)24-23(26-22)18-12-7-4-8-13-18;1-2-4-5-3-1;/h3-15H,16H2,1-2H3;1-5H;. The average molecular weight is 462 g/mol. The van der Waals surface area contributed by atoms with Crippen LogP contribution in [0.15, 0.2) is 65.1 Å². The number of nitrogens with zero attached hydrogens (tertiary/aromatic N) is 2. The van der Waals surface area contributed by atoms with E-state index in [0.717, 1.165) is 35.0 Å². The molecule has 2 aliphatic rings. The summed E-state index contributed by atoms with van der Waals surface area (Å²) >= 11 is 0. The van der Waals surface area contributed by atoms with Crippen LogP contribution < -0.4 is 0 Å². The molecular weight excluding hydrogens is 436 g/mol. The van der Waals surface area contributed by atoms with Gasteiger partial charge in [-0.3, -0.25) is 0 Å². The Bertz CT molecular complexity index is 912. The van der Waals surface area contributed by atoms with Crippen LogP contribution in [0.2, 0.25) is 0 Å². The van der Waals surface area contributed by atoms with Crippen molar-refractivity contribution in [2.75, 3.05) is 20.6 Å². The first-order valence-electron chi connectivity index (χ1n) is 10.4. The Kier molecular flexibility index (Phi) is 9.59. The molecule has 2 aliphatic carbocycles. The van der Waals surface area contributed by atoms with Gasteiger partial charge in [-0.15, -0.1) is 0 Å². The molecule has 1 aromatic heterocycles. The summed E-state index contributed by atoms with van der Waals surface area (Å²) in [6, 6.07) is 20.3. The summed E-state index contributed by atoms with van der Waals surface area (Å²) < 4.78 is 6.29. The minimum absolute atomic E-state index is 0. The molecule has 5 rings (SSSR count). The van der Waals surface area contributed by atoms with Crippen LogP contribution in [0.5, 0.6) is 0 Å². The Balaban J connectivity index is 0.000000427. The summed E-state index contributed by atoms with van der Waals surface area (Å²) in [6.45, 7) is 0.859. The van der Waals surface area contributed by atoms with Crippen molar-refractivity contribution >= 4 is 0 Å². The number of rotatable bonds is 5. The monoisotopic (exact) mass is 462 g/mol. The van der Waals surface area contributed by atoms with E-state index in [-0.39, 0.29) is 17.1 Å². The van der Waals surface area contributed by atoms with Gasteiger partial charge in [0, 0.05) is 40.7 Å². The van der Waals surface area contributed by atoms with Crippen LogP contribution in [0.25, 0.3) is 22.7 Å². The Labute approximate surface area is 204 Å². The van der Waals surface area contributed by atoms with Crippen LogP contribution >= 0.6 is 0 Å². The van der Waals surface area contributed by atoms with E-state index in [1.807, 2.05) is 80.6 Å². The van der Waals surface area contributed by atoms with E-state index < -0.39 is 0 Å². The molecule has 3 aromatic rings. The van der Waals surface area contributed by atoms with E-state index in [0.29, 0.717) is 5.89 Å². The molecule has 0 aliphatic heterocycles. The molecule has 4 heteroatoms. The van der Waals surface area contributed by atoms with E-state index in [9.17, 15) is 0 Å². The van der Waals surface area contributed by atoms with Crippen molar-refractivity contribution in [3.63, 3.8) is 0 Å². The summed E-state index contributed by atoms with van der Waals surface area (Å²) in [6.07, 6.45) is 16.3. The van der Waals surface area contributed by atoms with Gasteiger partial charge in [0.2, 0.25) is 5.89 Å². The maximum atomic E-state index is 6.29. The first-order chi connectivity index (χ1) is 15.2. The van der Waals surface area contributed by atoms with Crippen LogP contribution in [0.3, 0.4) is 0 Å². The largest absolute Gasteiger partial charge is 0.440 e. The number of benzene rings is 2. The predicted octanol–water partition coefficient (Wildman–Crippen LogP) is 5.71. The Morgan fingerprint density at radius 2 is 1.28 bits per heavy atom. The van der Waals surface area contributed by atoms with Crippen LogP contribution in [0.1, 0.15) is 5.76 Å². The normalized spacial score (nSPS) is 16.6. The fraction of sp³-hybridized carbons (Fsp3) is 0.107. The molecule has 10 radical (unpaired) electrons. The van der Waals surface area contributed by atoms with Gasteiger partial charge in [-0.1, -0.05) is 48.5 Å². The van der Waals surface area contributed by atoms with Crippen molar-refractivity contribution in [3.8, 4) is 22.7 Å². The summed E-state index contributed by atoms with van der Waals surface area (Å²) in [5.41, 5.74) is 2.93. The summed E-state index contributed by atoms with van der Waals surface area (Å²) in [7, 11) is 4.15. The van der Waals surface area contributed by atoms with Gasteiger partial charge in [0.15, 0.2) is 0 Å². The van der Waals surface area contributed by atoms with Crippen molar-refractivity contribution in [3.05, 3.63) is 130 Å². The Morgan fingerprint density at radius 3 is 1.84 bits per heavy atom.